The Labute approximate surface area is 166 Å². The summed E-state index contributed by atoms with van der Waals surface area (Å²) in [7, 11) is 5.41. The zero-order valence-corrected chi connectivity index (χ0v) is 17.2. The van der Waals surface area contributed by atoms with Crippen LogP contribution in [0.1, 0.15) is 38.3 Å². The summed E-state index contributed by atoms with van der Waals surface area (Å²) < 4.78 is 5.35. The van der Waals surface area contributed by atoms with E-state index in [-0.39, 0.29) is 18.4 Å². The molecule has 2 saturated heterocycles. The van der Waals surface area contributed by atoms with E-state index in [0.29, 0.717) is 12.8 Å². The van der Waals surface area contributed by atoms with Gasteiger partial charge < -0.3 is 9.64 Å². The number of hydrogen-bond donors (Lipinski definition) is 1. The third kappa shape index (κ3) is 2.98. The van der Waals surface area contributed by atoms with E-state index < -0.39 is 29.4 Å². The molecule has 0 radical (unpaired) electrons. The average molecular weight is 387 g/mol. The maximum Gasteiger partial charge on any atom is 0.327 e. The first-order valence-corrected chi connectivity index (χ1v) is 9.82. The minimum absolute atomic E-state index is 0.226. The van der Waals surface area contributed by atoms with Gasteiger partial charge in [0.15, 0.2) is 0 Å². The van der Waals surface area contributed by atoms with Crippen molar-refractivity contribution in [1.82, 2.24) is 10.2 Å². The summed E-state index contributed by atoms with van der Waals surface area (Å²) >= 11 is 0. The van der Waals surface area contributed by atoms with Crippen LogP contribution in [-0.4, -0.2) is 56.0 Å². The number of anilines is 1. The van der Waals surface area contributed by atoms with E-state index in [0.717, 1.165) is 11.3 Å². The molecule has 7 nitrogen and oxygen atoms in total. The lowest BCUT2D eigenvalue weighted by Gasteiger charge is -2.32. The van der Waals surface area contributed by atoms with Gasteiger partial charge in [-0.05, 0) is 31.0 Å². The minimum Gasteiger partial charge on any atom is -0.465 e. The van der Waals surface area contributed by atoms with Crippen LogP contribution < -0.4 is 10.2 Å². The highest BCUT2D eigenvalue weighted by Gasteiger charge is 2.67. The van der Waals surface area contributed by atoms with Gasteiger partial charge in [0.2, 0.25) is 11.8 Å². The maximum absolute atomic E-state index is 13.0. The smallest absolute Gasteiger partial charge is 0.327 e. The third-order valence-corrected chi connectivity index (χ3v) is 5.93. The summed E-state index contributed by atoms with van der Waals surface area (Å²) in [5.41, 5.74) is 0.742. The van der Waals surface area contributed by atoms with Crippen LogP contribution in [0.3, 0.4) is 0 Å². The Bertz CT molecular complexity index is 776. The van der Waals surface area contributed by atoms with Gasteiger partial charge in [-0.25, -0.2) is 0 Å². The summed E-state index contributed by atoms with van der Waals surface area (Å²) in [5, 5.41) is 3.38. The van der Waals surface area contributed by atoms with E-state index in [1.807, 2.05) is 50.2 Å². The van der Waals surface area contributed by atoms with Gasteiger partial charge in [-0.1, -0.05) is 25.5 Å². The molecule has 2 amide bonds. The molecule has 28 heavy (non-hydrogen) atoms. The van der Waals surface area contributed by atoms with E-state index >= 15 is 0 Å². The van der Waals surface area contributed by atoms with Crippen molar-refractivity contribution in [3.63, 3.8) is 0 Å². The van der Waals surface area contributed by atoms with Crippen LogP contribution in [0.25, 0.3) is 0 Å². The van der Waals surface area contributed by atoms with E-state index in [1.165, 1.54) is 11.9 Å². The van der Waals surface area contributed by atoms with Gasteiger partial charge in [-0.15, -0.1) is 0 Å². The molecule has 7 heteroatoms. The molecule has 0 aromatic heterocycles. The van der Waals surface area contributed by atoms with Gasteiger partial charge in [0.1, 0.15) is 5.54 Å². The second-order valence-electron chi connectivity index (χ2n) is 7.79. The number of amides is 2. The zero-order chi connectivity index (χ0) is 20.6. The van der Waals surface area contributed by atoms with Gasteiger partial charge in [-0.2, -0.15) is 0 Å². The first-order valence-electron chi connectivity index (χ1n) is 9.82. The van der Waals surface area contributed by atoms with Gasteiger partial charge >= 0.3 is 5.97 Å². The predicted molar refractivity (Wildman–Crippen MR) is 106 cm³/mol. The van der Waals surface area contributed by atoms with E-state index in [1.54, 1.807) is 6.92 Å². The number of imide groups is 1. The standard InChI is InChI=1S/C21H29N3O4/c1-6-12-21(20(27)28-7-2)16-15(18(25)24(5)19(16)26)17(22-21)13-8-10-14(11-9-13)23(3)4/h8-11,15-17,22H,6-7,12H2,1-5H3/t15-,16+,17+,21-/m0/s1. The number of fused-ring (bicyclic) bond motifs is 1. The molecular weight excluding hydrogens is 358 g/mol. The predicted octanol–water partition coefficient (Wildman–Crippen LogP) is 1.73. The zero-order valence-electron chi connectivity index (χ0n) is 17.2. The van der Waals surface area contributed by atoms with Crippen LogP contribution in [0.15, 0.2) is 24.3 Å². The Morgan fingerprint density at radius 2 is 1.82 bits per heavy atom. The number of carbonyl (C=O) groups is 3. The fraction of sp³-hybridized carbons (Fsp3) is 0.571. The second-order valence-corrected chi connectivity index (χ2v) is 7.79. The summed E-state index contributed by atoms with van der Waals surface area (Å²) in [6, 6.07) is 7.43. The van der Waals surface area contributed by atoms with Crippen molar-refractivity contribution in [2.24, 2.45) is 11.8 Å². The van der Waals surface area contributed by atoms with Crippen molar-refractivity contribution in [3.05, 3.63) is 29.8 Å². The van der Waals surface area contributed by atoms with Crippen LogP contribution in [-0.2, 0) is 19.1 Å². The minimum atomic E-state index is -1.18. The first kappa shape index (κ1) is 20.3. The molecule has 1 N–H and O–H groups in total. The molecule has 1 aromatic rings. The van der Waals surface area contributed by atoms with Crippen molar-refractivity contribution in [2.45, 2.75) is 38.3 Å². The van der Waals surface area contributed by atoms with E-state index in [4.69, 9.17) is 4.74 Å². The molecule has 0 unspecified atom stereocenters. The maximum atomic E-state index is 13.0. The lowest BCUT2D eigenvalue weighted by atomic mass is 9.77. The van der Waals surface area contributed by atoms with Crippen LogP contribution in [0.5, 0.6) is 0 Å². The van der Waals surface area contributed by atoms with Crippen molar-refractivity contribution in [3.8, 4) is 0 Å². The van der Waals surface area contributed by atoms with Gasteiger partial charge in [0.25, 0.3) is 0 Å². The molecule has 0 spiro atoms. The lowest BCUT2D eigenvalue weighted by molar-refractivity contribution is -0.156. The number of esters is 1. The van der Waals surface area contributed by atoms with Crippen molar-refractivity contribution in [2.75, 3.05) is 32.6 Å². The molecular formula is C21H29N3O4. The van der Waals surface area contributed by atoms with Crippen molar-refractivity contribution in [1.29, 1.82) is 0 Å². The topological polar surface area (TPSA) is 79.0 Å². The van der Waals surface area contributed by atoms with Crippen LogP contribution in [0.2, 0.25) is 0 Å². The number of ether oxygens (including phenoxy) is 1. The summed E-state index contributed by atoms with van der Waals surface area (Å²) in [4.78, 5) is 42.1. The number of likely N-dealkylation sites (tertiary alicyclic amines) is 1. The average Bonchev–Trinajstić information content (AvgIpc) is 3.13. The Morgan fingerprint density at radius 3 is 2.36 bits per heavy atom. The van der Waals surface area contributed by atoms with Gasteiger partial charge in [-0.3, -0.25) is 24.6 Å². The second kappa shape index (κ2) is 7.54. The Morgan fingerprint density at radius 1 is 1.18 bits per heavy atom. The van der Waals surface area contributed by atoms with Gasteiger partial charge in [0.05, 0.1) is 18.4 Å². The van der Waals surface area contributed by atoms with Crippen LogP contribution in [0, 0.1) is 11.8 Å². The first-order chi connectivity index (χ1) is 13.3. The Kier molecular flexibility index (Phi) is 5.48. The summed E-state index contributed by atoms with van der Waals surface area (Å²) in [6.45, 7) is 3.93. The quantitative estimate of drug-likeness (QED) is 0.592. The fourth-order valence-corrected chi connectivity index (χ4v) is 4.59. The number of nitrogens with zero attached hydrogens (tertiary/aromatic N) is 2. The van der Waals surface area contributed by atoms with E-state index in [9.17, 15) is 14.4 Å². The largest absolute Gasteiger partial charge is 0.465 e. The Balaban J connectivity index is 2.08. The monoisotopic (exact) mass is 387 g/mol. The molecule has 2 aliphatic heterocycles. The molecule has 0 saturated carbocycles. The molecule has 3 rings (SSSR count). The summed E-state index contributed by atoms with van der Waals surface area (Å²) in [6.07, 6.45) is 1.12. The van der Waals surface area contributed by atoms with Crippen molar-refractivity contribution >= 4 is 23.5 Å². The highest BCUT2D eigenvalue weighted by molar-refractivity contribution is 6.09. The van der Waals surface area contributed by atoms with Gasteiger partial charge in [0, 0.05) is 32.9 Å². The van der Waals surface area contributed by atoms with Crippen LogP contribution >= 0.6 is 0 Å². The van der Waals surface area contributed by atoms with E-state index in [2.05, 4.69) is 5.32 Å². The highest BCUT2D eigenvalue weighted by Crippen LogP contribution is 2.50. The number of rotatable bonds is 6. The number of nitrogens with one attached hydrogen (secondary N) is 1. The molecule has 2 heterocycles. The molecule has 2 fully saturated rings. The number of carbonyl (C=O) groups excluding carboxylic acids is 3. The molecule has 2 aliphatic rings. The number of benzene rings is 1. The molecule has 0 bridgehead atoms. The van der Waals surface area contributed by atoms with Crippen LogP contribution in [0.4, 0.5) is 5.69 Å². The highest BCUT2D eigenvalue weighted by atomic mass is 16.5. The summed E-state index contributed by atoms with van der Waals surface area (Å²) in [5.74, 6) is -2.36. The number of hydrogen-bond acceptors (Lipinski definition) is 6. The molecule has 152 valence electrons. The third-order valence-electron chi connectivity index (χ3n) is 5.93. The lowest BCUT2D eigenvalue weighted by Crippen LogP contribution is -2.56. The molecule has 4 atom stereocenters. The molecule has 0 aliphatic carbocycles. The molecule has 1 aromatic carbocycles. The van der Waals surface area contributed by atoms with Crippen molar-refractivity contribution < 1.29 is 19.1 Å². The Hall–Kier alpha value is -2.41. The SMILES string of the molecule is CCC[C@]1(C(=O)OCC)N[C@H](c2ccc(N(C)C)cc2)[C@H]2C(=O)N(C)C(=O)[C@@H]21. The normalized spacial score (nSPS) is 29.2. The fourth-order valence-electron chi connectivity index (χ4n) is 4.59.